The van der Waals surface area contributed by atoms with E-state index in [0.717, 1.165) is 43.8 Å². The lowest BCUT2D eigenvalue weighted by Crippen LogP contribution is -2.38. The summed E-state index contributed by atoms with van der Waals surface area (Å²) in [5.41, 5.74) is 8.31. The summed E-state index contributed by atoms with van der Waals surface area (Å²) < 4.78 is 5.62. The van der Waals surface area contributed by atoms with E-state index in [0.29, 0.717) is 12.2 Å². The molecule has 1 atom stereocenters. The van der Waals surface area contributed by atoms with Crippen LogP contribution in [0.3, 0.4) is 0 Å². The van der Waals surface area contributed by atoms with E-state index in [2.05, 4.69) is 17.1 Å². The Balaban J connectivity index is 1.85. The summed E-state index contributed by atoms with van der Waals surface area (Å²) in [7, 11) is 0. The van der Waals surface area contributed by atoms with Crippen LogP contribution in [0.2, 0.25) is 0 Å². The highest BCUT2D eigenvalue weighted by Gasteiger charge is 2.19. The first-order chi connectivity index (χ1) is 10.1. The first-order valence-corrected chi connectivity index (χ1v) is 7.58. The fourth-order valence-corrected chi connectivity index (χ4v) is 2.50. The minimum absolute atomic E-state index is 0.0156. The molecule has 5 heteroatoms. The first-order valence-electron chi connectivity index (χ1n) is 7.58. The number of rotatable bonds is 6. The van der Waals surface area contributed by atoms with Gasteiger partial charge in [-0.1, -0.05) is 13.0 Å². The molecular weight excluding hydrogens is 266 g/mol. The summed E-state index contributed by atoms with van der Waals surface area (Å²) in [6, 6.07) is 5.58. The standard InChI is InChI=1S/C16H25N3O2/c1-3-19(10-14-5-4-8-21-14)11-16(20)18-13-7-6-12(2)15(17)9-13/h6-7,9,14H,3-5,8,10-11,17H2,1-2H3,(H,18,20). The van der Waals surface area contributed by atoms with Crippen LogP contribution in [-0.2, 0) is 9.53 Å². The average Bonchev–Trinajstić information content (AvgIpc) is 2.95. The molecule has 1 aliphatic rings. The van der Waals surface area contributed by atoms with Crippen LogP contribution in [0, 0.1) is 6.92 Å². The maximum absolute atomic E-state index is 12.1. The maximum atomic E-state index is 12.1. The Morgan fingerprint density at radius 2 is 2.33 bits per heavy atom. The summed E-state index contributed by atoms with van der Waals surface area (Å²) in [4.78, 5) is 14.2. The number of nitrogens with zero attached hydrogens (tertiary/aromatic N) is 1. The topological polar surface area (TPSA) is 67.6 Å². The lowest BCUT2D eigenvalue weighted by atomic mass is 10.2. The molecule has 1 aromatic carbocycles. The third-order valence-corrected chi connectivity index (χ3v) is 3.86. The quantitative estimate of drug-likeness (QED) is 0.787. The number of amides is 1. The van der Waals surface area contributed by atoms with Crippen LogP contribution in [-0.4, -0.2) is 43.2 Å². The number of nitrogens with two attached hydrogens (primary N) is 1. The molecule has 0 saturated carbocycles. The van der Waals surface area contributed by atoms with Crippen LogP contribution < -0.4 is 11.1 Å². The van der Waals surface area contributed by atoms with E-state index in [1.54, 1.807) is 6.07 Å². The number of likely N-dealkylation sites (N-methyl/N-ethyl adjacent to an activating group) is 1. The van der Waals surface area contributed by atoms with Crippen molar-refractivity contribution in [3.8, 4) is 0 Å². The van der Waals surface area contributed by atoms with E-state index in [4.69, 9.17) is 10.5 Å². The molecule has 1 unspecified atom stereocenters. The van der Waals surface area contributed by atoms with E-state index in [1.807, 2.05) is 19.1 Å². The predicted octanol–water partition coefficient (Wildman–Crippen LogP) is 2.02. The van der Waals surface area contributed by atoms with Crippen LogP contribution in [0.1, 0.15) is 25.3 Å². The molecule has 0 spiro atoms. The molecule has 1 fully saturated rings. The van der Waals surface area contributed by atoms with E-state index in [9.17, 15) is 4.79 Å². The van der Waals surface area contributed by atoms with E-state index in [1.165, 1.54) is 0 Å². The lowest BCUT2D eigenvalue weighted by Gasteiger charge is -2.23. The minimum Gasteiger partial charge on any atom is -0.398 e. The third kappa shape index (κ3) is 4.72. The Bertz CT molecular complexity index is 484. The number of aryl methyl sites for hydroxylation is 1. The summed E-state index contributed by atoms with van der Waals surface area (Å²) in [5, 5.41) is 2.90. The number of carbonyl (C=O) groups excluding carboxylic acids is 1. The van der Waals surface area contributed by atoms with Crippen LogP contribution in [0.15, 0.2) is 18.2 Å². The van der Waals surface area contributed by atoms with Gasteiger partial charge in [-0.2, -0.15) is 0 Å². The summed E-state index contributed by atoms with van der Waals surface area (Å²) in [5.74, 6) is -0.0156. The van der Waals surface area contributed by atoms with Crippen molar-refractivity contribution in [2.24, 2.45) is 0 Å². The van der Waals surface area contributed by atoms with Gasteiger partial charge in [0.2, 0.25) is 5.91 Å². The molecule has 116 valence electrons. The predicted molar refractivity (Wildman–Crippen MR) is 85.3 cm³/mol. The second kappa shape index (κ2) is 7.43. The van der Waals surface area contributed by atoms with Gasteiger partial charge in [0.05, 0.1) is 12.6 Å². The highest BCUT2D eigenvalue weighted by atomic mass is 16.5. The van der Waals surface area contributed by atoms with Crippen LogP contribution >= 0.6 is 0 Å². The number of nitrogens with one attached hydrogen (secondary N) is 1. The number of carbonyl (C=O) groups is 1. The molecule has 1 heterocycles. The molecule has 21 heavy (non-hydrogen) atoms. The Morgan fingerprint density at radius 1 is 1.52 bits per heavy atom. The monoisotopic (exact) mass is 291 g/mol. The molecule has 0 aliphatic carbocycles. The highest BCUT2D eigenvalue weighted by molar-refractivity contribution is 5.92. The van der Waals surface area contributed by atoms with Crippen molar-refractivity contribution in [2.45, 2.75) is 32.8 Å². The molecule has 1 amide bonds. The number of hydrogen-bond acceptors (Lipinski definition) is 4. The largest absolute Gasteiger partial charge is 0.398 e. The van der Waals surface area contributed by atoms with Crippen molar-refractivity contribution < 1.29 is 9.53 Å². The van der Waals surface area contributed by atoms with Gasteiger partial charge in [-0.15, -0.1) is 0 Å². The van der Waals surface area contributed by atoms with Crippen molar-refractivity contribution in [3.63, 3.8) is 0 Å². The Morgan fingerprint density at radius 3 is 2.95 bits per heavy atom. The van der Waals surface area contributed by atoms with Gasteiger partial charge in [-0.3, -0.25) is 9.69 Å². The highest BCUT2D eigenvalue weighted by Crippen LogP contribution is 2.17. The smallest absolute Gasteiger partial charge is 0.238 e. The van der Waals surface area contributed by atoms with Crippen molar-refractivity contribution in [1.29, 1.82) is 0 Å². The van der Waals surface area contributed by atoms with Gasteiger partial charge in [-0.25, -0.2) is 0 Å². The number of nitrogen functional groups attached to an aromatic ring is 1. The molecule has 5 nitrogen and oxygen atoms in total. The molecule has 1 saturated heterocycles. The molecule has 1 aromatic rings. The summed E-state index contributed by atoms with van der Waals surface area (Å²) in [6.07, 6.45) is 2.48. The second-order valence-electron chi connectivity index (χ2n) is 5.58. The number of benzene rings is 1. The summed E-state index contributed by atoms with van der Waals surface area (Å²) >= 11 is 0. The molecule has 2 rings (SSSR count). The Hall–Kier alpha value is -1.59. The Kier molecular flexibility index (Phi) is 5.59. The molecular formula is C16H25N3O2. The number of anilines is 2. The van der Waals surface area contributed by atoms with Crippen LogP contribution in [0.25, 0.3) is 0 Å². The zero-order valence-corrected chi connectivity index (χ0v) is 12.9. The SMILES string of the molecule is CCN(CC(=O)Nc1ccc(C)c(N)c1)CC1CCCO1. The van der Waals surface area contributed by atoms with Crippen molar-refractivity contribution in [1.82, 2.24) is 4.90 Å². The number of ether oxygens (including phenoxy) is 1. The van der Waals surface area contributed by atoms with E-state index in [-0.39, 0.29) is 12.0 Å². The molecule has 0 bridgehead atoms. The fraction of sp³-hybridized carbons (Fsp3) is 0.562. The molecule has 3 N–H and O–H groups in total. The maximum Gasteiger partial charge on any atom is 0.238 e. The second-order valence-corrected chi connectivity index (χ2v) is 5.58. The number of hydrogen-bond donors (Lipinski definition) is 2. The van der Waals surface area contributed by atoms with Gasteiger partial charge in [0.25, 0.3) is 0 Å². The fourth-order valence-electron chi connectivity index (χ4n) is 2.50. The van der Waals surface area contributed by atoms with Crippen LogP contribution in [0.5, 0.6) is 0 Å². The van der Waals surface area contributed by atoms with E-state index < -0.39 is 0 Å². The minimum atomic E-state index is -0.0156. The zero-order chi connectivity index (χ0) is 15.2. The Labute approximate surface area is 126 Å². The van der Waals surface area contributed by atoms with Crippen LogP contribution in [0.4, 0.5) is 11.4 Å². The van der Waals surface area contributed by atoms with Crippen molar-refractivity contribution in [2.75, 3.05) is 37.3 Å². The van der Waals surface area contributed by atoms with Crippen molar-refractivity contribution in [3.05, 3.63) is 23.8 Å². The molecule has 1 aliphatic heterocycles. The first kappa shape index (κ1) is 15.8. The zero-order valence-electron chi connectivity index (χ0n) is 12.9. The average molecular weight is 291 g/mol. The normalized spacial score (nSPS) is 18.1. The summed E-state index contributed by atoms with van der Waals surface area (Å²) in [6.45, 7) is 6.89. The molecule has 0 radical (unpaired) electrons. The molecule has 0 aromatic heterocycles. The van der Waals surface area contributed by atoms with E-state index >= 15 is 0 Å². The van der Waals surface area contributed by atoms with Gasteiger partial charge in [-0.05, 0) is 44.0 Å². The van der Waals surface area contributed by atoms with Gasteiger partial charge in [0.1, 0.15) is 0 Å². The third-order valence-electron chi connectivity index (χ3n) is 3.86. The van der Waals surface area contributed by atoms with Gasteiger partial charge in [0, 0.05) is 24.5 Å². The lowest BCUT2D eigenvalue weighted by molar-refractivity contribution is -0.117. The van der Waals surface area contributed by atoms with Crippen molar-refractivity contribution >= 4 is 17.3 Å². The van der Waals surface area contributed by atoms with Gasteiger partial charge < -0.3 is 15.8 Å². The van der Waals surface area contributed by atoms with Gasteiger partial charge >= 0.3 is 0 Å². The van der Waals surface area contributed by atoms with Gasteiger partial charge in [0.15, 0.2) is 0 Å².